The number of carbonyl (C=O) groups is 1. The van der Waals surface area contributed by atoms with Crippen LogP contribution in [0.25, 0.3) is 0 Å². The molecule has 3 rings (SSSR count). The highest BCUT2D eigenvalue weighted by molar-refractivity contribution is 9.10. The minimum absolute atomic E-state index is 0.126. The van der Waals surface area contributed by atoms with Crippen LogP contribution in [-0.4, -0.2) is 14.2 Å². The molecule has 138 valence electrons. The molecule has 0 aliphatic carbocycles. The molecule has 0 fully saturated rings. The van der Waals surface area contributed by atoms with Gasteiger partial charge in [0.15, 0.2) is 5.78 Å². The predicted octanol–water partition coefficient (Wildman–Crippen LogP) is 5.44. The number of sulfonamides is 1. The summed E-state index contributed by atoms with van der Waals surface area (Å²) in [6, 6.07) is 17.7. The molecule has 0 radical (unpaired) electrons. The molecule has 0 spiro atoms. The highest BCUT2D eigenvalue weighted by atomic mass is 79.9. The van der Waals surface area contributed by atoms with Gasteiger partial charge in [-0.25, -0.2) is 8.42 Å². The average molecular weight is 465 g/mol. The lowest BCUT2D eigenvalue weighted by atomic mass is 10.0. The van der Waals surface area contributed by atoms with Gasteiger partial charge in [0.2, 0.25) is 0 Å². The van der Waals surface area contributed by atoms with Crippen LogP contribution in [0.15, 0.2) is 76.1 Å². The van der Waals surface area contributed by atoms with Crippen LogP contribution < -0.4 is 4.72 Å². The number of halogens is 2. The van der Waals surface area contributed by atoms with E-state index in [0.717, 1.165) is 5.56 Å². The maximum Gasteiger partial charge on any atom is 0.261 e. The first-order valence-electron chi connectivity index (χ1n) is 7.95. The van der Waals surface area contributed by atoms with Crippen molar-refractivity contribution in [2.75, 3.05) is 4.72 Å². The van der Waals surface area contributed by atoms with Crippen molar-refractivity contribution in [3.8, 4) is 0 Å². The fourth-order valence-corrected chi connectivity index (χ4v) is 4.04. The lowest BCUT2D eigenvalue weighted by molar-refractivity contribution is 0.103. The Morgan fingerprint density at radius 3 is 2.22 bits per heavy atom. The lowest BCUT2D eigenvalue weighted by Gasteiger charge is -2.13. The topological polar surface area (TPSA) is 63.2 Å². The van der Waals surface area contributed by atoms with Gasteiger partial charge in [0.05, 0.1) is 10.6 Å². The van der Waals surface area contributed by atoms with Gasteiger partial charge in [0.1, 0.15) is 0 Å². The van der Waals surface area contributed by atoms with Crippen LogP contribution >= 0.6 is 27.5 Å². The summed E-state index contributed by atoms with van der Waals surface area (Å²) in [7, 11) is -3.83. The van der Waals surface area contributed by atoms with Crippen LogP contribution in [0, 0.1) is 6.92 Å². The van der Waals surface area contributed by atoms with Gasteiger partial charge in [0, 0.05) is 20.6 Å². The van der Waals surface area contributed by atoms with Gasteiger partial charge >= 0.3 is 0 Å². The van der Waals surface area contributed by atoms with Crippen molar-refractivity contribution in [1.82, 2.24) is 0 Å². The Morgan fingerprint density at radius 2 is 1.59 bits per heavy atom. The summed E-state index contributed by atoms with van der Waals surface area (Å²) in [5.41, 5.74) is 1.81. The van der Waals surface area contributed by atoms with E-state index < -0.39 is 10.0 Å². The first-order valence-corrected chi connectivity index (χ1v) is 10.6. The number of carbonyl (C=O) groups excluding carboxylic acids is 1. The molecule has 0 aliphatic rings. The number of anilines is 1. The van der Waals surface area contributed by atoms with Crippen LogP contribution in [0.5, 0.6) is 0 Å². The van der Waals surface area contributed by atoms with Crippen LogP contribution in [-0.2, 0) is 10.0 Å². The highest BCUT2D eigenvalue weighted by Crippen LogP contribution is 2.27. The van der Waals surface area contributed by atoms with Gasteiger partial charge < -0.3 is 0 Å². The van der Waals surface area contributed by atoms with E-state index >= 15 is 0 Å². The summed E-state index contributed by atoms with van der Waals surface area (Å²) >= 11 is 9.21. The Balaban J connectivity index is 2.00. The smallest absolute Gasteiger partial charge is 0.261 e. The third kappa shape index (κ3) is 4.58. The zero-order valence-corrected chi connectivity index (χ0v) is 17.4. The number of ketones is 1. The first-order chi connectivity index (χ1) is 12.8. The molecule has 0 aromatic heterocycles. The van der Waals surface area contributed by atoms with E-state index in [1.165, 1.54) is 12.1 Å². The number of rotatable bonds is 5. The van der Waals surface area contributed by atoms with Gasteiger partial charge in [-0.2, -0.15) is 0 Å². The molecule has 0 aliphatic heterocycles. The number of nitrogens with one attached hydrogen (secondary N) is 1. The van der Waals surface area contributed by atoms with Crippen LogP contribution in [0.4, 0.5) is 5.69 Å². The molecule has 1 N–H and O–H groups in total. The molecule has 0 saturated carbocycles. The average Bonchev–Trinajstić information content (AvgIpc) is 2.63. The normalized spacial score (nSPS) is 11.2. The molecule has 0 atom stereocenters. The van der Waals surface area contributed by atoms with Gasteiger partial charge in [-0.15, -0.1) is 0 Å². The fraction of sp³-hybridized carbons (Fsp3) is 0.0500. The Labute approximate surface area is 171 Å². The van der Waals surface area contributed by atoms with Crippen molar-refractivity contribution in [3.05, 3.63) is 92.9 Å². The maximum atomic E-state index is 12.9. The summed E-state index contributed by atoms with van der Waals surface area (Å²) in [5, 5.41) is 0.515. The minimum atomic E-state index is -3.83. The summed E-state index contributed by atoms with van der Waals surface area (Å²) in [4.78, 5) is 13.0. The molecule has 3 aromatic carbocycles. The Bertz CT molecular complexity index is 1100. The monoisotopic (exact) mass is 463 g/mol. The van der Waals surface area contributed by atoms with Crippen molar-refractivity contribution in [3.63, 3.8) is 0 Å². The largest absolute Gasteiger partial charge is 0.289 e. The van der Waals surface area contributed by atoms with Crippen LogP contribution in [0.1, 0.15) is 21.5 Å². The van der Waals surface area contributed by atoms with E-state index in [1.54, 1.807) is 54.6 Å². The molecular formula is C20H15BrClNO3S. The van der Waals surface area contributed by atoms with E-state index in [2.05, 4.69) is 20.7 Å². The Kier molecular flexibility index (Phi) is 5.69. The zero-order chi connectivity index (χ0) is 19.6. The zero-order valence-electron chi connectivity index (χ0n) is 14.2. The second-order valence-corrected chi connectivity index (χ2v) is 8.98. The standard InChI is InChI=1S/C20H15BrClNO3S/c1-13-2-9-17(10-3-13)27(25,26)23-19-11-6-15(21)12-18(19)20(24)14-4-7-16(22)8-5-14/h2-12,23H,1H3. The summed E-state index contributed by atoms with van der Waals surface area (Å²) < 4.78 is 28.6. The van der Waals surface area contributed by atoms with Gasteiger partial charge in [0.25, 0.3) is 10.0 Å². The SMILES string of the molecule is Cc1ccc(S(=O)(=O)Nc2ccc(Br)cc2C(=O)c2ccc(Cl)cc2)cc1. The number of aryl methyl sites for hydroxylation is 1. The van der Waals surface area contributed by atoms with E-state index in [-0.39, 0.29) is 21.9 Å². The maximum absolute atomic E-state index is 12.9. The summed E-state index contributed by atoms with van der Waals surface area (Å²) in [6.45, 7) is 1.88. The van der Waals surface area contributed by atoms with Crippen molar-refractivity contribution < 1.29 is 13.2 Å². The van der Waals surface area contributed by atoms with Crippen molar-refractivity contribution in [2.24, 2.45) is 0 Å². The third-order valence-corrected chi connectivity index (χ3v) is 6.03. The highest BCUT2D eigenvalue weighted by Gasteiger charge is 2.20. The molecule has 0 unspecified atom stereocenters. The molecule has 27 heavy (non-hydrogen) atoms. The molecule has 4 nitrogen and oxygen atoms in total. The van der Waals surface area contributed by atoms with Crippen molar-refractivity contribution >= 4 is 49.0 Å². The molecule has 0 bridgehead atoms. The fourth-order valence-electron chi connectivity index (χ4n) is 2.47. The molecular weight excluding hydrogens is 450 g/mol. The van der Waals surface area contributed by atoms with Gasteiger partial charge in [-0.3, -0.25) is 9.52 Å². The van der Waals surface area contributed by atoms with Crippen LogP contribution in [0.3, 0.4) is 0 Å². The Hall–Kier alpha value is -2.15. The summed E-state index contributed by atoms with van der Waals surface area (Å²) in [5.74, 6) is -0.311. The van der Waals surface area contributed by atoms with Gasteiger partial charge in [-0.05, 0) is 61.5 Å². The molecule has 7 heteroatoms. The quantitative estimate of drug-likeness (QED) is 0.511. The van der Waals surface area contributed by atoms with E-state index in [0.29, 0.717) is 15.1 Å². The van der Waals surface area contributed by atoms with E-state index in [9.17, 15) is 13.2 Å². The number of benzene rings is 3. The second-order valence-electron chi connectivity index (χ2n) is 5.94. The number of hydrogen-bond donors (Lipinski definition) is 1. The molecule has 3 aromatic rings. The van der Waals surface area contributed by atoms with E-state index in [4.69, 9.17) is 11.6 Å². The first kappa shape index (κ1) is 19.6. The van der Waals surface area contributed by atoms with Crippen molar-refractivity contribution in [2.45, 2.75) is 11.8 Å². The molecule has 0 saturated heterocycles. The number of hydrogen-bond acceptors (Lipinski definition) is 3. The van der Waals surface area contributed by atoms with Gasteiger partial charge in [-0.1, -0.05) is 45.2 Å². The third-order valence-electron chi connectivity index (χ3n) is 3.91. The lowest BCUT2D eigenvalue weighted by Crippen LogP contribution is -2.16. The predicted molar refractivity (Wildman–Crippen MR) is 111 cm³/mol. The summed E-state index contributed by atoms with van der Waals surface area (Å²) in [6.07, 6.45) is 0. The van der Waals surface area contributed by atoms with Crippen LogP contribution in [0.2, 0.25) is 5.02 Å². The second kappa shape index (κ2) is 7.84. The minimum Gasteiger partial charge on any atom is -0.289 e. The van der Waals surface area contributed by atoms with E-state index in [1.807, 2.05) is 6.92 Å². The Morgan fingerprint density at radius 1 is 0.963 bits per heavy atom. The van der Waals surface area contributed by atoms with Crippen molar-refractivity contribution in [1.29, 1.82) is 0 Å². The molecule has 0 amide bonds. The molecule has 0 heterocycles.